The summed E-state index contributed by atoms with van der Waals surface area (Å²) in [6.07, 6.45) is 8.48. The molecule has 2 heteroatoms. The highest BCUT2D eigenvalue weighted by Gasteiger charge is 2.04. The van der Waals surface area contributed by atoms with Crippen LogP contribution in [0.25, 0.3) is 0 Å². The Bertz CT molecular complexity index is 97.0. The summed E-state index contributed by atoms with van der Waals surface area (Å²) >= 11 is 0. The molecule has 0 fully saturated rings. The van der Waals surface area contributed by atoms with Crippen molar-refractivity contribution in [3.63, 3.8) is 0 Å². The summed E-state index contributed by atoms with van der Waals surface area (Å²) in [7, 11) is 7.56. The first-order valence-corrected chi connectivity index (χ1v) is 5.77. The van der Waals surface area contributed by atoms with Gasteiger partial charge in [0.1, 0.15) is 0 Å². The molecule has 0 amide bonds. The normalized spacial score (nSPS) is 10.7. The van der Waals surface area contributed by atoms with Crippen LogP contribution in [0.1, 0.15) is 45.4 Å². The number of nitrogens with zero attached hydrogens (tertiary/aromatic N) is 1. The van der Waals surface area contributed by atoms with E-state index < -0.39 is 0 Å². The Kier molecular flexibility index (Phi) is 12.8. The zero-order valence-corrected chi connectivity index (χ0v) is 10.8. The maximum Gasteiger partial charge on any atom is 0.0780 e. The van der Waals surface area contributed by atoms with Crippen molar-refractivity contribution in [1.29, 1.82) is 0 Å². The summed E-state index contributed by atoms with van der Waals surface area (Å²) in [6, 6.07) is 0. The minimum Gasteiger partial charge on any atom is -0.857 e. The van der Waals surface area contributed by atoms with Crippen molar-refractivity contribution in [1.82, 2.24) is 0 Å². The lowest BCUT2D eigenvalue weighted by atomic mass is 10.1. The summed E-state index contributed by atoms with van der Waals surface area (Å²) in [5.41, 5.74) is 0. The van der Waals surface area contributed by atoms with Crippen LogP contribution in [-0.2, 0) is 0 Å². The van der Waals surface area contributed by atoms with E-state index >= 15 is 0 Å². The quantitative estimate of drug-likeness (QED) is 0.458. The summed E-state index contributed by atoms with van der Waals surface area (Å²) in [4.78, 5) is 0. The fourth-order valence-electron chi connectivity index (χ4n) is 1.37. The van der Waals surface area contributed by atoms with Gasteiger partial charge in [-0.3, -0.25) is 0 Å². The third-order valence-corrected chi connectivity index (χ3v) is 2.18. The van der Waals surface area contributed by atoms with Gasteiger partial charge in [-0.1, -0.05) is 32.6 Å². The first kappa shape index (κ1) is 16.4. The number of hydrogen-bond acceptors (Lipinski definition) is 1. The predicted molar refractivity (Wildman–Crippen MR) is 62.2 cm³/mol. The lowest BCUT2D eigenvalue weighted by Gasteiger charge is -2.23. The smallest absolute Gasteiger partial charge is 0.0780 e. The molecule has 14 heavy (non-hydrogen) atoms. The van der Waals surface area contributed by atoms with Crippen molar-refractivity contribution in [2.24, 2.45) is 0 Å². The molecule has 2 nitrogen and oxygen atoms in total. The van der Waals surface area contributed by atoms with Gasteiger partial charge in [-0.25, -0.2) is 0 Å². The molecule has 0 aromatic heterocycles. The van der Waals surface area contributed by atoms with Gasteiger partial charge in [0.05, 0.1) is 27.7 Å². The first-order valence-electron chi connectivity index (χ1n) is 5.77. The predicted octanol–water partition coefficient (Wildman–Crippen LogP) is 2.03. The van der Waals surface area contributed by atoms with E-state index in [0.717, 1.165) is 11.6 Å². The highest BCUT2D eigenvalue weighted by atomic mass is 16.2. The molecule has 0 aliphatic heterocycles. The van der Waals surface area contributed by atoms with E-state index in [1.807, 2.05) is 0 Å². The van der Waals surface area contributed by atoms with Gasteiger partial charge < -0.3 is 9.59 Å². The highest BCUT2D eigenvalue weighted by Crippen LogP contribution is 2.06. The number of rotatable bonds is 7. The molecular weight excluding hydrogens is 174 g/mol. The van der Waals surface area contributed by atoms with E-state index in [0.29, 0.717) is 0 Å². The molecule has 0 N–H and O–H groups in total. The van der Waals surface area contributed by atoms with Crippen molar-refractivity contribution in [3.8, 4) is 0 Å². The van der Waals surface area contributed by atoms with Crippen LogP contribution in [0.2, 0.25) is 0 Å². The molecule has 88 valence electrons. The van der Waals surface area contributed by atoms with E-state index in [1.165, 1.54) is 45.1 Å². The van der Waals surface area contributed by atoms with Crippen LogP contribution in [0.15, 0.2) is 0 Å². The number of unbranched alkanes of at least 4 members (excludes halogenated alkanes) is 5. The Hall–Kier alpha value is -0.0800. The van der Waals surface area contributed by atoms with Crippen LogP contribution in [0.3, 0.4) is 0 Å². The zero-order valence-electron chi connectivity index (χ0n) is 10.8. The minimum absolute atomic E-state index is 0.750. The number of hydrogen-bond donors (Lipinski definition) is 0. The molecule has 0 aliphatic carbocycles. The van der Waals surface area contributed by atoms with Crippen LogP contribution in [0.5, 0.6) is 0 Å². The van der Waals surface area contributed by atoms with Crippen molar-refractivity contribution >= 4 is 0 Å². The third kappa shape index (κ3) is 17.9. The van der Waals surface area contributed by atoms with E-state index in [2.05, 4.69) is 28.1 Å². The van der Waals surface area contributed by atoms with Gasteiger partial charge in [-0.2, -0.15) is 7.11 Å². The second-order valence-corrected chi connectivity index (χ2v) is 4.78. The van der Waals surface area contributed by atoms with Gasteiger partial charge in [0.2, 0.25) is 0 Å². The van der Waals surface area contributed by atoms with Gasteiger partial charge in [-0.05, 0) is 12.8 Å². The summed E-state index contributed by atoms with van der Waals surface area (Å²) in [5.74, 6) is 0. The average molecular weight is 203 g/mol. The van der Waals surface area contributed by atoms with Crippen molar-refractivity contribution in [2.75, 3.05) is 34.8 Å². The molecule has 0 radical (unpaired) electrons. The van der Waals surface area contributed by atoms with Crippen LogP contribution < -0.4 is 5.11 Å². The molecule has 0 rings (SSSR count). The lowest BCUT2D eigenvalue weighted by Crippen LogP contribution is -2.35. The fraction of sp³-hybridized carbons (Fsp3) is 1.00. The second-order valence-electron chi connectivity index (χ2n) is 4.78. The largest absolute Gasteiger partial charge is 0.857 e. The van der Waals surface area contributed by atoms with Crippen molar-refractivity contribution in [2.45, 2.75) is 45.4 Å². The molecule has 0 heterocycles. The summed E-state index contributed by atoms with van der Waals surface area (Å²) in [6.45, 7) is 3.60. The fourth-order valence-corrected chi connectivity index (χ4v) is 1.37. The highest BCUT2D eigenvalue weighted by molar-refractivity contribution is 4.42. The minimum atomic E-state index is 0.750. The summed E-state index contributed by atoms with van der Waals surface area (Å²) < 4.78 is 1.12. The molecule has 0 saturated heterocycles. The topological polar surface area (TPSA) is 23.1 Å². The van der Waals surface area contributed by atoms with Crippen LogP contribution in [0.4, 0.5) is 0 Å². The monoisotopic (exact) mass is 203 g/mol. The van der Waals surface area contributed by atoms with E-state index in [4.69, 9.17) is 5.11 Å². The molecule has 0 aromatic rings. The second kappa shape index (κ2) is 11.0. The zero-order chi connectivity index (χ0) is 11.4. The standard InChI is InChI=1S/C11H26N.CH3O/c1-5-6-7-8-9-10-11-12(2,3)4;1-2/h5-11H2,1-4H3;1H3/q+1;-1. The Labute approximate surface area is 90.5 Å². The van der Waals surface area contributed by atoms with E-state index in [-0.39, 0.29) is 0 Å². The molecule has 0 spiro atoms. The Morgan fingerprint density at radius 2 is 1.21 bits per heavy atom. The molecule has 0 saturated carbocycles. The lowest BCUT2D eigenvalue weighted by molar-refractivity contribution is -0.870. The molecule has 0 aromatic carbocycles. The molecule has 0 atom stereocenters. The third-order valence-electron chi connectivity index (χ3n) is 2.18. The van der Waals surface area contributed by atoms with Gasteiger partial charge in [0.25, 0.3) is 0 Å². The van der Waals surface area contributed by atoms with Crippen LogP contribution in [-0.4, -0.2) is 39.3 Å². The molecular formula is C12H29NO. The Morgan fingerprint density at radius 1 is 0.786 bits per heavy atom. The van der Waals surface area contributed by atoms with Gasteiger partial charge in [0.15, 0.2) is 0 Å². The summed E-state index contributed by atoms with van der Waals surface area (Å²) in [5, 5.41) is 8.25. The maximum absolute atomic E-state index is 8.25. The van der Waals surface area contributed by atoms with Crippen molar-refractivity contribution < 1.29 is 9.59 Å². The van der Waals surface area contributed by atoms with Gasteiger partial charge in [-0.15, -0.1) is 0 Å². The van der Waals surface area contributed by atoms with Crippen LogP contribution in [0, 0.1) is 0 Å². The molecule has 0 bridgehead atoms. The van der Waals surface area contributed by atoms with Crippen molar-refractivity contribution in [3.05, 3.63) is 0 Å². The SMILES string of the molecule is CCCCCCCC[N+](C)(C)C.C[O-]. The Balaban J connectivity index is 0. The van der Waals surface area contributed by atoms with Gasteiger partial charge >= 0.3 is 0 Å². The molecule has 0 unspecified atom stereocenters. The van der Waals surface area contributed by atoms with Crippen LogP contribution >= 0.6 is 0 Å². The Morgan fingerprint density at radius 3 is 1.64 bits per heavy atom. The number of quaternary nitrogens is 1. The average Bonchev–Trinajstić information content (AvgIpc) is 2.13. The molecule has 0 aliphatic rings. The van der Waals surface area contributed by atoms with E-state index in [9.17, 15) is 0 Å². The first-order chi connectivity index (χ1) is 6.56. The maximum atomic E-state index is 8.25. The van der Waals surface area contributed by atoms with E-state index in [1.54, 1.807) is 0 Å². The van der Waals surface area contributed by atoms with Gasteiger partial charge in [0, 0.05) is 0 Å².